The molecule has 1 aromatic rings. The highest BCUT2D eigenvalue weighted by atomic mass is 16.5. The third kappa shape index (κ3) is 5.20. The van der Waals surface area contributed by atoms with E-state index in [0.717, 1.165) is 44.9 Å². The van der Waals surface area contributed by atoms with E-state index in [9.17, 15) is 0 Å². The van der Waals surface area contributed by atoms with Crippen molar-refractivity contribution in [3.8, 4) is 5.75 Å². The third-order valence-electron chi connectivity index (χ3n) is 4.79. The van der Waals surface area contributed by atoms with Crippen molar-refractivity contribution in [1.82, 2.24) is 4.90 Å². The van der Waals surface area contributed by atoms with Crippen molar-refractivity contribution in [1.29, 1.82) is 0 Å². The standard InChI is InChI=1S/C19H29NO3/c1-21-14-17-4-2-10-20(13-17)12-16-6-8-18(9-7-16)23-15-19-5-3-11-22-19/h6-9,17,19H,2-5,10-15H2,1H3/t17-,19-/m0/s1. The van der Waals surface area contributed by atoms with Gasteiger partial charge >= 0.3 is 0 Å². The van der Waals surface area contributed by atoms with Gasteiger partial charge in [0.25, 0.3) is 0 Å². The van der Waals surface area contributed by atoms with E-state index in [0.29, 0.717) is 12.5 Å². The second-order valence-corrected chi connectivity index (χ2v) is 6.79. The van der Waals surface area contributed by atoms with Crippen LogP contribution in [0.25, 0.3) is 0 Å². The molecule has 0 amide bonds. The first-order valence-electron chi connectivity index (χ1n) is 8.88. The summed E-state index contributed by atoms with van der Waals surface area (Å²) >= 11 is 0. The van der Waals surface area contributed by atoms with Crippen LogP contribution < -0.4 is 4.74 Å². The Morgan fingerprint density at radius 2 is 2.00 bits per heavy atom. The highest BCUT2D eigenvalue weighted by Crippen LogP contribution is 2.21. The highest BCUT2D eigenvalue weighted by Gasteiger charge is 2.20. The van der Waals surface area contributed by atoms with E-state index in [4.69, 9.17) is 14.2 Å². The SMILES string of the molecule is COC[C@H]1CCCN(Cc2ccc(OC[C@@H]3CCCO3)cc2)C1. The molecule has 0 N–H and O–H groups in total. The van der Waals surface area contributed by atoms with E-state index in [1.54, 1.807) is 7.11 Å². The summed E-state index contributed by atoms with van der Waals surface area (Å²) in [7, 11) is 1.80. The molecule has 2 atom stereocenters. The lowest BCUT2D eigenvalue weighted by atomic mass is 9.98. The number of benzene rings is 1. The molecule has 1 aromatic carbocycles. The molecule has 0 aromatic heterocycles. The summed E-state index contributed by atoms with van der Waals surface area (Å²) in [5.74, 6) is 1.63. The Morgan fingerprint density at radius 3 is 2.74 bits per heavy atom. The zero-order valence-corrected chi connectivity index (χ0v) is 14.2. The first-order valence-corrected chi connectivity index (χ1v) is 8.88. The minimum atomic E-state index is 0.278. The number of hydrogen-bond donors (Lipinski definition) is 0. The van der Waals surface area contributed by atoms with Gasteiger partial charge in [-0.25, -0.2) is 0 Å². The molecule has 2 aliphatic rings. The van der Waals surface area contributed by atoms with Gasteiger partial charge < -0.3 is 14.2 Å². The fourth-order valence-corrected chi connectivity index (χ4v) is 3.58. The summed E-state index contributed by atoms with van der Waals surface area (Å²) in [5.41, 5.74) is 1.35. The van der Waals surface area contributed by atoms with Crippen molar-refractivity contribution in [3.05, 3.63) is 29.8 Å². The average Bonchev–Trinajstić information content (AvgIpc) is 3.08. The quantitative estimate of drug-likeness (QED) is 0.773. The molecule has 2 fully saturated rings. The van der Waals surface area contributed by atoms with Crippen LogP contribution in [0.5, 0.6) is 5.75 Å². The molecule has 2 aliphatic heterocycles. The van der Waals surface area contributed by atoms with Gasteiger partial charge in [-0.05, 0) is 55.8 Å². The number of piperidine rings is 1. The van der Waals surface area contributed by atoms with Crippen LogP contribution >= 0.6 is 0 Å². The Kier molecular flexibility index (Phi) is 6.31. The molecule has 3 rings (SSSR count). The largest absolute Gasteiger partial charge is 0.491 e. The van der Waals surface area contributed by atoms with Gasteiger partial charge in [-0.1, -0.05) is 12.1 Å². The smallest absolute Gasteiger partial charge is 0.119 e. The second kappa shape index (κ2) is 8.67. The number of nitrogens with zero attached hydrogens (tertiary/aromatic N) is 1. The Hall–Kier alpha value is -1.10. The number of ether oxygens (including phenoxy) is 3. The molecule has 0 spiro atoms. The predicted octanol–water partition coefficient (Wildman–Crippen LogP) is 3.10. The molecule has 4 nitrogen and oxygen atoms in total. The van der Waals surface area contributed by atoms with Crippen LogP contribution in [0.1, 0.15) is 31.2 Å². The van der Waals surface area contributed by atoms with E-state index in [1.807, 2.05) is 0 Å². The fraction of sp³-hybridized carbons (Fsp3) is 0.684. The summed E-state index contributed by atoms with van der Waals surface area (Å²) in [4.78, 5) is 2.54. The van der Waals surface area contributed by atoms with Crippen LogP contribution in [0.4, 0.5) is 0 Å². The van der Waals surface area contributed by atoms with Crippen molar-refractivity contribution in [2.75, 3.05) is 40.0 Å². The van der Waals surface area contributed by atoms with Crippen molar-refractivity contribution in [2.24, 2.45) is 5.92 Å². The number of methoxy groups -OCH3 is 1. The van der Waals surface area contributed by atoms with Crippen LogP contribution in [0.15, 0.2) is 24.3 Å². The Morgan fingerprint density at radius 1 is 1.13 bits per heavy atom. The van der Waals surface area contributed by atoms with Gasteiger partial charge in [-0.3, -0.25) is 4.90 Å². The summed E-state index contributed by atoms with van der Waals surface area (Å²) in [6.07, 6.45) is 5.13. The molecular weight excluding hydrogens is 290 g/mol. The number of likely N-dealkylation sites (tertiary alicyclic amines) is 1. The predicted molar refractivity (Wildman–Crippen MR) is 90.8 cm³/mol. The Labute approximate surface area is 139 Å². The van der Waals surface area contributed by atoms with Gasteiger partial charge in [0.15, 0.2) is 0 Å². The maximum absolute atomic E-state index is 5.83. The third-order valence-corrected chi connectivity index (χ3v) is 4.79. The molecule has 0 saturated carbocycles. The summed E-state index contributed by atoms with van der Waals surface area (Å²) in [5, 5.41) is 0. The maximum Gasteiger partial charge on any atom is 0.119 e. The molecule has 0 radical (unpaired) electrons. The van der Waals surface area contributed by atoms with Crippen molar-refractivity contribution in [2.45, 2.75) is 38.3 Å². The highest BCUT2D eigenvalue weighted by molar-refractivity contribution is 5.27. The van der Waals surface area contributed by atoms with Crippen molar-refractivity contribution < 1.29 is 14.2 Å². The van der Waals surface area contributed by atoms with Crippen molar-refractivity contribution >= 4 is 0 Å². The molecule has 0 bridgehead atoms. The first-order chi connectivity index (χ1) is 11.3. The molecular formula is C19H29NO3. The molecule has 23 heavy (non-hydrogen) atoms. The van der Waals surface area contributed by atoms with Gasteiger partial charge in [-0.15, -0.1) is 0 Å². The molecule has 0 aliphatic carbocycles. The molecule has 4 heteroatoms. The second-order valence-electron chi connectivity index (χ2n) is 6.79. The monoisotopic (exact) mass is 319 g/mol. The zero-order chi connectivity index (χ0) is 15.9. The molecule has 2 saturated heterocycles. The van der Waals surface area contributed by atoms with Crippen LogP contribution in [-0.2, 0) is 16.0 Å². The van der Waals surface area contributed by atoms with Gasteiger partial charge in [0, 0.05) is 26.8 Å². The fourth-order valence-electron chi connectivity index (χ4n) is 3.58. The lowest BCUT2D eigenvalue weighted by molar-refractivity contribution is 0.0679. The van der Waals surface area contributed by atoms with E-state index in [-0.39, 0.29) is 6.10 Å². The van der Waals surface area contributed by atoms with Gasteiger partial charge in [0.2, 0.25) is 0 Å². The van der Waals surface area contributed by atoms with Gasteiger partial charge in [-0.2, -0.15) is 0 Å². The topological polar surface area (TPSA) is 30.9 Å². The molecule has 128 valence electrons. The Balaban J connectivity index is 1.45. The molecule has 2 heterocycles. The zero-order valence-electron chi connectivity index (χ0n) is 14.2. The number of rotatable bonds is 7. The van der Waals surface area contributed by atoms with Gasteiger partial charge in [0.05, 0.1) is 12.7 Å². The average molecular weight is 319 g/mol. The lowest BCUT2D eigenvalue weighted by Gasteiger charge is -2.32. The Bertz CT molecular complexity index is 454. The number of hydrogen-bond acceptors (Lipinski definition) is 4. The van der Waals surface area contributed by atoms with Crippen LogP contribution in [0.3, 0.4) is 0 Å². The summed E-state index contributed by atoms with van der Waals surface area (Å²) in [6, 6.07) is 8.54. The van der Waals surface area contributed by atoms with E-state index in [1.165, 1.54) is 24.9 Å². The summed E-state index contributed by atoms with van der Waals surface area (Å²) < 4.78 is 16.7. The minimum Gasteiger partial charge on any atom is -0.491 e. The van der Waals surface area contributed by atoms with Crippen molar-refractivity contribution in [3.63, 3.8) is 0 Å². The minimum absolute atomic E-state index is 0.278. The normalized spacial score (nSPS) is 25.6. The lowest BCUT2D eigenvalue weighted by Crippen LogP contribution is -2.36. The van der Waals surface area contributed by atoms with Gasteiger partial charge in [0.1, 0.15) is 12.4 Å². The van der Waals surface area contributed by atoms with Crippen LogP contribution in [-0.4, -0.2) is 51.0 Å². The maximum atomic E-state index is 5.83. The van der Waals surface area contributed by atoms with Crippen LogP contribution in [0.2, 0.25) is 0 Å². The molecule has 0 unspecified atom stereocenters. The van der Waals surface area contributed by atoms with Crippen LogP contribution in [0, 0.1) is 5.92 Å². The first kappa shape index (κ1) is 16.7. The van der Waals surface area contributed by atoms with E-state index in [2.05, 4.69) is 29.2 Å². The van der Waals surface area contributed by atoms with E-state index >= 15 is 0 Å². The van der Waals surface area contributed by atoms with E-state index < -0.39 is 0 Å². The summed E-state index contributed by atoms with van der Waals surface area (Å²) in [6.45, 7) is 5.79.